The van der Waals surface area contributed by atoms with Gasteiger partial charge in [0.25, 0.3) is 0 Å². The van der Waals surface area contributed by atoms with Crippen LogP contribution in [0.3, 0.4) is 0 Å². The Labute approximate surface area is 169 Å². The van der Waals surface area contributed by atoms with Crippen LogP contribution in [-0.4, -0.2) is 40.8 Å². The number of hydrogen-bond donors (Lipinski definition) is 0. The second-order valence-corrected chi connectivity index (χ2v) is 7.79. The van der Waals surface area contributed by atoms with Crippen LogP contribution in [0, 0.1) is 0 Å². The molecule has 3 heterocycles. The first kappa shape index (κ1) is 19.0. The maximum Gasteiger partial charge on any atom is 0.244 e. The molecule has 6 nitrogen and oxygen atoms in total. The van der Waals surface area contributed by atoms with E-state index in [-0.39, 0.29) is 12.1 Å². The Morgan fingerprint density at radius 2 is 1.96 bits per heavy atom. The number of benzene rings is 1. The number of para-hydroxylation sites is 2. The molecule has 148 valence electrons. The molecule has 0 bridgehead atoms. The first-order valence-corrected chi connectivity index (χ1v) is 10.6. The van der Waals surface area contributed by atoms with E-state index in [1.165, 1.54) is 0 Å². The van der Waals surface area contributed by atoms with E-state index in [4.69, 9.17) is 14.0 Å². The van der Waals surface area contributed by atoms with Crippen molar-refractivity contribution in [1.29, 1.82) is 0 Å². The summed E-state index contributed by atoms with van der Waals surface area (Å²) in [6.07, 6.45) is 2.10. The first-order valence-electron chi connectivity index (χ1n) is 9.74. The Kier molecular flexibility index (Phi) is 5.92. The van der Waals surface area contributed by atoms with Crippen molar-refractivity contribution in [1.82, 2.24) is 15.0 Å². The minimum absolute atomic E-state index is 0.0953. The van der Waals surface area contributed by atoms with Gasteiger partial charge in [-0.15, -0.1) is 11.3 Å². The smallest absolute Gasteiger partial charge is 0.244 e. The predicted molar refractivity (Wildman–Crippen MR) is 109 cm³/mol. The van der Waals surface area contributed by atoms with Gasteiger partial charge in [-0.3, -0.25) is 4.90 Å². The summed E-state index contributed by atoms with van der Waals surface area (Å²) in [5, 5.41) is 6.15. The van der Waals surface area contributed by atoms with Crippen molar-refractivity contribution in [3.63, 3.8) is 0 Å². The number of likely N-dealkylation sites (tertiary alicyclic amines) is 1. The minimum atomic E-state index is 0.0953. The number of rotatable bonds is 7. The highest BCUT2D eigenvalue weighted by Crippen LogP contribution is 2.31. The van der Waals surface area contributed by atoms with E-state index in [1.807, 2.05) is 48.7 Å². The van der Waals surface area contributed by atoms with Crippen LogP contribution in [0.1, 0.15) is 38.6 Å². The van der Waals surface area contributed by atoms with Crippen LogP contribution in [0.4, 0.5) is 0 Å². The molecule has 1 aliphatic rings. The molecule has 0 aliphatic carbocycles. The lowest BCUT2D eigenvalue weighted by atomic mass is 10.1. The maximum absolute atomic E-state index is 6.22. The molecule has 4 rings (SSSR count). The van der Waals surface area contributed by atoms with Crippen molar-refractivity contribution in [2.45, 2.75) is 38.8 Å². The lowest BCUT2D eigenvalue weighted by molar-refractivity contribution is 0.0681. The number of hydrogen-bond acceptors (Lipinski definition) is 7. The Bertz CT molecular complexity index is 873. The summed E-state index contributed by atoms with van der Waals surface area (Å²) in [6.45, 7) is 6.60. The largest absolute Gasteiger partial charge is 0.490 e. The molecule has 7 heteroatoms. The van der Waals surface area contributed by atoms with Gasteiger partial charge in [0.15, 0.2) is 11.5 Å². The minimum Gasteiger partial charge on any atom is -0.490 e. The molecule has 0 amide bonds. The number of ether oxygens (including phenoxy) is 2. The summed E-state index contributed by atoms with van der Waals surface area (Å²) in [7, 11) is 0. The third-order valence-electron chi connectivity index (χ3n) is 5.01. The molecule has 0 spiro atoms. The summed E-state index contributed by atoms with van der Waals surface area (Å²) in [5.74, 6) is 2.98. The van der Waals surface area contributed by atoms with Crippen LogP contribution < -0.4 is 9.47 Å². The molecule has 1 aliphatic heterocycles. The Morgan fingerprint density at radius 1 is 1.18 bits per heavy atom. The summed E-state index contributed by atoms with van der Waals surface area (Å²) >= 11 is 1.62. The Balaban J connectivity index is 1.34. The van der Waals surface area contributed by atoms with Crippen molar-refractivity contribution in [3.8, 4) is 22.2 Å². The van der Waals surface area contributed by atoms with Crippen LogP contribution in [0.15, 0.2) is 46.3 Å². The lowest BCUT2D eigenvalue weighted by Gasteiger charge is -2.34. The van der Waals surface area contributed by atoms with Crippen LogP contribution >= 0.6 is 11.3 Å². The van der Waals surface area contributed by atoms with Crippen molar-refractivity contribution in [2.24, 2.45) is 0 Å². The van der Waals surface area contributed by atoms with E-state index < -0.39 is 0 Å². The molecule has 28 heavy (non-hydrogen) atoms. The second kappa shape index (κ2) is 8.75. The fraction of sp³-hybridized carbons (Fsp3) is 0.429. The average Bonchev–Trinajstić information content (AvgIpc) is 3.42. The van der Waals surface area contributed by atoms with Gasteiger partial charge in [-0.25, -0.2) is 0 Å². The van der Waals surface area contributed by atoms with E-state index in [1.54, 1.807) is 11.3 Å². The van der Waals surface area contributed by atoms with Crippen LogP contribution in [-0.2, 0) is 0 Å². The molecule has 1 saturated heterocycles. The zero-order chi connectivity index (χ0) is 19.3. The van der Waals surface area contributed by atoms with Crippen LogP contribution in [0.25, 0.3) is 10.7 Å². The van der Waals surface area contributed by atoms with E-state index in [0.717, 1.165) is 42.3 Å². The molecule has 1 atom stereocenters. The zero-order valence-electron chi connectivity index (χ0n) is 16.2. The van der Waals surface area contributed by atoms with Gasteiger partial charge < -0.3 is 14.0 Å². The molecule has 3 aromatic rings. The molecular formula is C21H25N3O3S. The van der Waals surface area contributed by atoms with E-state index in [2.05, 4.69) is 22.0 Å². The fourth-order valence-corrected chi connectivity index (χ4v) is 4.10. The van der Waals surface area contributed by atoms with Crippen molar-refractivity contribution < 1.29 is 14.0 Å². The monoisotopic (exact) mass is 399 g/mol. The fourth-order valence-electron chi connectivity index (χ4n) is 3.45. The Morgan fingerprint density at radius 3 is 2.68 bits per heavy atom. The van der Waals surface area contributed by atoms with Crippen molar-refractivity contribution in [3.05, 3.63) is 47.7 Å². The third-order valence-corrected chi connectivity index (χ3v) is 5.87. The molecule has 0 saturated carbocycles. The lowest BCUT2D eigenvalue weighted by Crippen LogP contribution is -2.39. The Hall–Kier alpha value is -2.38. The van der Waals surface area contributed by atoms with E-state index >= 15 is 0 Å². The highest BCUT2D eigenvalue weighted by Gasteiger charge is 2.28. The van der Waals surface area contributed by atoms with Crippen LogP contribution in [0.2, 0.25) is 0 Å². The van der Waals surface area contributed by atoms with Crippen molar-refractivity contribution >= 4 is 11.3 Å². The number of aromatic nitrogens is 2. The van der Waals surface area contributed by atoms with Gasteiger partial charge in [-0.1, -0.05) is 23.4 Å². The molecule has 1 fully saturated rings. The van der Waals surface area contributed by atoms with Gasteiger partial charge in [-0.2, -0.15) is 4.98 Å². The second-order valence-electron chi connectivity index (χ2n) is 6.84. The third kappa shape index (κ3) is 4.20. The van der Waals surface area contributed by atoms with Gasteiger partial charge in [-0.05, 0) is 50.3 Å². The molecule has 2 aromatic heterocycles. The number of thiophene rings is 1. The normalized spacial score (nSPS) is 16.8. The van der Waals surface area contributed by atoms with Gasteiger partial charge >= 0.3 is 0 Å². The zero-order valence-corrected chi connectivity index (χ0v) is 17.0. The summed E-state index contributed by atoms with van der Waals surface area (Å²) in [6, 6.07) is 12.0. The quantitative estimate of drug-likeness (QED) is 0.569. The molecule has 0 N–H and O–H groups in total. The van der Waals surface area contributed by atoms with Crippen molar-refractivity contribution in [2.75, 3.05) is 19.7 Å². The first-order chi connectivity index (χ1) is 13.7. The number of nitrogens with zero attached hydrogens (tertiary/aromatic N) is 3. The highest BCUT2D eigenvalue weighted by molar-refractivity contribution is 7.13. The number of piperidine rings is 1. The highest BCUT2D eigenvalue weighted by atomic mass is 32.1. The summed E-state index contributed by atoms with van der Waals surface area (Å²) < 4.78 is 17.4. The van der Waals surface area contributed by atoms with Gasteiger partial charge in [0.1, 0.15) is 6.10 Å². The maximum atomic E-state index is 6.22. The van der Waals surface area contributed by atoms with E-state index in [0.29, 0.717) is 18.3 Å². The summed E-state index contributed by atoms with van der Waals surface area (Å²) in [4.78, 5) is 7.99. The van der Waals surface area contributed by atoms with Gasteiger partial charge in [0.2, 0.25) is 11.7 Å². The molecule has 1 aromatic carbocycles. The SMILES string of the molecule is CCOc1ccccc1OC1CCN(C(C)c2nc(-c3cccs3)no2)CC1. The van der Waals surface area contributed by atoms with Gasteiger partial charge in [0, 0.05) is 13.1 Å². The molecule has 1 unspecified atom stereocenters. The predicted octanol–water partition coefficient (Wildman–Crippen LogP) is 4.80. The van der Waals surface area contributed by atoms with Crippen LogP contribution in [0.5, 0.6) is 11.5 Å². The standard InChI is InChI=1S/C21H25N3O3S/c1-3-25-17-7-4-5-8-18(17)26-16-10-12-24(13-11-16)15(2)21-22-20(23-27-21)19-9-6-14-28-19/h4-9,14-16H,3,10-13H2,1-2H3. The average molecular weight is 400 g/mol. The van der Waals surface area contributed by atoms with Gasteiger partial charge in [0.05, 0.1) is 17.5 Å². The molecular weight excluding hydrogens is 374 g/mol. The summed E-state index contributed by atoms with van der Waals surface area (Å²) in [5.41, 5.74) is 0. The van der Waals surface area contributed by atoms with E-state index in [9.17, 15) is 0 Å². The molecule has 0 radical (unpaired) electrons. The topological polar surface area (TPSA) is 60.6 Å².